The fourth-order valence-corrected chi connectivity index (χ4v) is 4.08. The fraction of sp³-hybridized carbons (Fsp3) is 0.278. The lowest BCUT2D eigenvalue weighted by Crippen LogP contribution is -2.41. The topological polar surface area (TPSA) is 66.5 Å². The molecule has 0 aliphatic carbocycles. The summed E-state index contributed by atoms with van der Waals surface area (Å²) in [6.07, 6.45) is 1.09. The van der Waals surface area contributed by atoms with Crippen LogP contribution >= 0.6 is 27.7 Å². The second-order valence-corrected chi connectivity index (χ2v) is 9.75. The monoisotopic (exact) mass is 456 g/mol. The first-order chi connectivity index (χ1) is 12.3. The van der Waals surface area contributed by atoms with Crippen LogP contribution in [-0.2, 0) is 14.8 Å². The number of nitrogens with zero attached hydrogens (tertiary/aromatic N) is 1. The molecule has 2 aromatic carbocycles. The van der Waals surface area contributed by atoms with Gasteiger partial charge in [0.1, 0.15) is 6.54 Å². The molecule has 26 heavy (non-hydrogen) atoms. The summed E-state index contributed by atoms with van der Waals surface area (Å²) in [6, 6.07) is 15.0. The van der Waals surface area contributed by atoms with Crippen LogP contribution in [0.5, 0.6) is 0 Å². The minimum absolute atomic E-state index is 0.240. The number of benzene rings is 2. The molecule has 0 heterocycles. The number of nitrogens with one attached hydrogen (secondary N) is 1. The van der Waals surface area contributed by atoms with Crippen molar-refractivity contribution in [1.82, 2.24) is 5.32 Å². The molecule has 0 fully saturated rings. The number of thioether (sulfide) groups is 1. The van der Waals surface area contributed by atoms with E-state index in [1.165, 1.54) is 5.56 Å². The lowest BCUT2D eigenvalue weighted by molar-refractivity contribution is -0.119. The van der Waals surface area contributed by atoms with Crippen molar-refractivity contribution in [1.29, 1.82) is 0 Å². The van der Waals surface area contributed by atoms with Gasteiger partial charge in [0.2, 0.25) is 15.9 Å². The molecule has 0 aliphatic heterocycles. The lowest BCUT2D eigenvalue weighted by Gasteiger charge is -2.22. The van der Waals surface area contributed by atoms with Crippen molar-refractivity contribution >= 4 is 49.3 Å². The van der Waals surface area contributed by atoms with Gasteiger partial charge in [-0.15, -0.1) is 11.8 Å². The summed E-state index contributed by atoms with van der Waals surface area (Å²) < 4.78 is 26.0. The molecule has 0 unspecified atom stereocenters. The average molecular weight is 457 g/mol. The summed E-state index contributed by atoms with van der Waals surface area (Å²) in [6.45, 7) is 2.26. The van der Waals surface area contributed by atoms with Crippen LogP contribution in [0.4, 0.5) is 5.69 Å². The Morgan fingerprint density at radius 3 is 2.31 bits per heavy atom. The van der Waals surface area contributed by atoms with Gasteiger partial charge in [-0.2, -0.15) is 0 Å². The Morgan fingerprint density at radius 2 is 1.73 bits per heavy atom. The van der Waals surface area contributed by atoms with Gasteiger partial charge in [-0.05, 0) is 43.3 Å². The molecule has 2 aromatic rings. The van der Waals surface area contributed by atoms with E-state index in [9.17, 15) is 13.2 Å². The van der Waals surface area contributed by atoms with Crippen LogP contribution in [0.25, 0.3) is 0 Å². The van der Waals surface area contributed by atoms with Crippen molar-refractivity contribution in [3.63, 3.8) is 0 Å². The van der Waals surface area contributed by atoms with E-state index < -0.39 is 10.0 Å². The molecule has 0 atom stereocenters. The van der Waals surface area contributed by atoms with Gasteiger partial charge < -0.3 is 5.32 Å². The van der Waals surface area contributed by atoms with Gasteiger partial charge >= 0.3 is 0 Å². The summed E-state index contributed by atoms with van der Waals surface area (Å²) in [7, 11) is -3.55. The zero-order valence-corrected chi connectivity index (χ0v) is 17.8. The first kappa shape index (κ1) is 20.8. The minimum atomic E-state index is -3.55. The summed E-state index contributed by atoms with van der Waals surface area (Å²) in [5, 5.41) is 2.77. The normalized spacial score (nSPS) is 11.2. The van der Waals surface area contributed by atoms with E-state index in [-0.39, 0.29) is 12.5 Å². The predicted octanol–water partition coefficient (Wildman–Crippen LogP) is 3.43. The van der Waals surface area contributed by atoms with E-state index in [2.05, 4.69) is 21.2 Å². The van der Waals surface area contributed by atoms with Crippen LogP contribution in [0.15, 0.2) is 57.9 Å². The number of carbonyl (C=O) groups excluding carboxylic acids is 1. The summed E-state index contributed by atoms with van der Waals surface area (Å²) in [4.78, 5) is 13.3. The molecule has 140 valence electrons. The Hall–Kier alpha value is -1.51. The molecule has 2 rings (SSSR count). The number of hydrogen-bond acceptors (Lipinski definition) is 4. The molecule has 0 aliphatic rings. The van der Waals surface area contributed by atoms with E-state index in [1.54, 1.807) is 36.0 Å². The fourth-order valence-electron chi connectivity index (χ4n) is 2.19. The van der Waals surface area contributed by atoms with Crippen molar-refractivity contribution in [3.05, 3.63) is 58.6 Å². The maximum Gasteiger partial charge on any atom is 0.240 e. The first-order valence-corrected chi connectivity index (χ1v) is 11.6. The first-order valence-electron chi connectivity index (χ1n) is 7.95. The molecule has 0 spiro atoms. The van der Waals surface area contributed by atoms with E-state index in [1.807, 2.05) is 31.2 Å². The van der Waals surface area contributed by atoms with Gasteiger partial charge in [0, 0.05) is 21.7 Å². The van der Waals surface area contributed by atoms with Crippen molar-refractivity contribution in [2.75, 3.05) is 29.4 Å². The number of carbonyl (C=O) groups is 1. The van der Waals surface area contributed by atoms with E-state index >= 15 is 0 Å². The molecule has 1 N–H and O–H groups in total. The van der Waals surface area contributed by atoms with Crippen LogP contribution < -0.4 is 9.62 Å². The van der Waals surface area contributed by atoms with Gasteiger partial charge in [-0.25, -0.2) is 8.42 Å². The highest BCUT2D eigenvalue weighted by Gasteiger charge is 2.20. The molecular formula is C18H21BrN2O3S2. The highest BCUT2D eigenvalue weighted by atomic mass is 79.9. The standard InChI is InChI=1S/C18H21BrN2O3S2/c1-14-3-9-17(10-4-14)25-12-11-20-18(22)13-21(26(2,23)24)16-7-5-15(19)6-8-16/h3-10H,11-13H2,1-2H3,(H,20,22). The lowest BCUT2D eigenvalue weighted by atomic mass is 10.2. The van der Waals surface area contributed by atoms with Crippen molar-refractivity contribution in [3.8, 4) is 0 Å². The molecule has 0 aromatic heterocycles. The van der Waals surface area contributed by atoms with Crippen molar-refractivity contribution < 1.29 is 13.2 Å². The molecule has 0 saturated heterocycles. The van der Waals surface area contributed by atoms with Gasteiger partial charge in [-0.1, -0.05) is 33.6 Å². The third-order valence-electron chi connectivity index (χ3n) is 3.52. The van der Waals surface area contributed by atoms with Gasteiger partial charge in [-0.3, -0.25) is 9.10 Å². The Balaban J connectivity index is 1.87. The zero-order valence-electron chi connectivity index (χ0n) is 14.6. The number of rotatable bonds is 8. The van der Waals surface area contributed by atoms with Crippen LogP contribution in [0.2, 0.25) is 0 Å². The maximum atomic E-state index is 12.2. The number of amides is 1. The van der Waals surface area contributed by atoms with Crippen LogP contribution in [0.1, 0.15) is 5.56 Å². The van der Waals surface area contributed by atoms with Gasteiger partial charge in [0.05, 0.1) is 11.9 Å². The zero-order chi connectivity index (χ0) is 19.2. The molecule has 0 radical (unpaired) electrons. The van der Waals surface area contributed by atoms with E-state index in [0.29, 0.717) is 18.0 Å². The third-order valence-corrected chi connectivity index (χ3v) is 6.20. The van der Waals surface area contributed by atoms with E-state index in [0.717, 1.165) is 19.9 Å². The van der Waals surface area contributed by atoms with Gasteiger partial charge in [0.25, 0.3) is 0 Å². The molecule has 8 heteroatoms. The highest BCUT2D eigenvalue weighted by molar-refractivity contribution is 9.10. The van der Waals surface area contributed by atoms with Gasteiger partial charge in [0.15, 0.2) is 0 Å². The van der Waals surface area contributed by atoms with Crippen molar-refractivity contribution in [2.24, 2.45) is 0 Å². The Labute approximate surface area is 167 Å². The summed E-state index contributed by atoms with van der Waals surface area (Å²) >= 11 is 4.95. The summed E-state index contributed by atoms with van der Waals surface area (Å²) in [5.74, 6) is 0.384. The number of sulfonamides is 1. The van der Waals surface area contributed by atoms with Crippen molar-refractivity contribution in [2.45, 2.75) is 11.8 Å². The predicted molar refractivity (Wildman–Crippen MR) is 111 cm³/mol. The minimum Gasteiger partial charge on any atom is -0.354 e. The second-order valence-electron chi connectivity index (χ2n) is 5.76. The number of halogens is 1. The second kappa shape index (κ2) is 9.43. The highest BCUT2D eigenvalue weighted by Crippen LogP contribution is 2.20. The number of anilines is 1. The molecular weight excluding hydrogens is 436 g/mol. The smallest absolute Gasteiger partial charge is 0.240 e. The van der Waals surface area contributed by atoms with Crippen LogP contribution in [-0.4, -0.2) is 39.4 Å². The summed E-state index contributed by atoms with van der Waals surface area (Å²) in [5.41, 5.74) is 1.66. The molecule has 0 bridgehead atoms. The largest absolute Gasteiger partial charge is 0.354 e. The SMILES string of the molecule is Cc1ccc(SCCNC(=O)CN(c2ccc(Br)cc2)S(C)(=O)=O)cc1. The van der Waals surface area contributed by atoms with E-state index in [4.69, 9.17) is 0 Å². The molecule has 5 nitrogen and oxygen atoms in total. The Morgan fingerprint density at radius 1 is 1.12 bits per heavy atom. The quantitative estimate of drug-likeness (QED) is 0.487. The molecule has 1 amide bonds. The molecule has 0 saturated carbocycles. The Kier molecular flexibility index (Phi) is 7.55. The Bertz CT molecular complexity index is 838. The maximum absolute atomic E-state index is 12.2. The van der Waals surface area contributed by atoms with Crippen LogP contribution in [0.3, 0.4) is 0 Å². The average Bonchev–Trinajstić information content (AvgIpc) is 2.58. The number of hydrogen-bond donors (Lipinski definition) is 1. The third kappa shape index (κ3) is 6.66. The van der Waals surface area contributed by atoms with Crippen LogP contribution in [0, 0.1) is 6.92 Å². The number of aryl methyl sites for hydroxylation is 1.